The standard InChI is InChI=1S/C14H12N2O4/c15-7-1-3-9(11(17)5-7)13(19)14(20)10-4-2-8(16)6-12(10)18/h1-6,17-18H,15-16H2. The van der Waals surface area contributed by atoms with Crippen LogP contribution in [-0.2, 0) is 0 Å². The van der Waals surface area contributed by atoms with E-state index in [0.717, 1.165) is 0 Å². The van der Waals surface area contributed by atoms with Crippen LogP contribution < -0.4 is 11.5 Å². The number of aromatic hydroxyl groups is 2. The second-order valence-electron chi connectivity index (χ2n) is 4.21. The number of hydrogen-bond acceptors (Lipinski definition) is 6. The van der Waals surface area contributed by atoms with Gasteiger partial charge in [-0.1, -0.05) is 0 Å². The Morgan fingerprint density at radius 3 is 1.40 bits per heavy atom. The Morgan fingerprint density at radius 1 is 0.750 bits per heavy atom. The van der Waals surface area contributed by atoms with Gasteiger partial charge in [-0.05, 0) is 24.3 Å². The highest BCUT2D eigenvalue weighted by molar-refractivity contribution is 6.50. The summed E-state index contributed by atoms with van der Waals surface area (Å²) >= 11 is 0. The maximum atomic E-state index is 12.0. The van der Waals surface area contributed by atoms with Crippen molar-refractivity contribution in [3.05, 3.63) is 47.5 Å². The number of hydrogen-bond donors (Lipinski definition) is 4. The van der Waals surface area contributed by atoms with E-state index in [1.807, 2.05) is 0 Å². The minimum atomic E-state index is -0.942. The van der Waals surface area contributed by atoms with Crippen LogP contribution in [0.25, 0.3) is 0 Å². The molecule has 0 saturated carbocycles. The lowest BCUT2D eigenvalue weighted by Gasteiger charge is -2.06. The van der Waals surface area contributed by atoms with Crippen molar-refractivity contribution >= 4 is 22.9 Å². The highest BCUT2D eigenvalue weighted by atomic mass is 16.3. The molecule has 2 rings (SSSR count). The molecule has 0 aliphatic carbocycles. The maximum Gasteiger partial charge on any atom is 0.237 e. The molecule has 6 nitrogen and oxygen atoms in total. The van der Waals surface area contributed by atoms with Gasteiger partial charge in [0.25, 0.3) is 0 Å². The minimum absolute atomic E-state index is 0.180. The van der Waals surface area contributed by atoms with Gasteiger partial charge in [-0.25, -0.2) is 0 Å². The Labute approximate surface area is 114 Å². The van der Waals surface area contributed by atoms with Gasteiger partial charge >= 0.3 is 0 Å². The van der Waals surface area contributed by atoms with Gasteiger partial charge in [-0.3, -0.25) is 9.59 Å². The fraction of sp³-hybridized carbons (Fsp3) is 0. The molecule has 6 heteroatoms. The number of carbonyl (C=O) groups is 2. The number of phenolic OH excluding ortho intramolecular Hbond substituents is 2. The Balaban J connectivity index is 2.40. The molecule has 0 radical (unpaired) electrons. The smallest absolute Gasteiger partial charge is 0.237 e. The third-order valence-electron chi connectivity index (χ3n) is 2.74. The molecule has 102 valence electrons. The number of nitrogens with two attached hydrogens (primary N) is 2. The van der Waals surface area contributed by atoms with Crippen LogP contribution in [0.3, 0.4) is 0 Å². The van der Waals surface area contributed by atoms with E-state index in [2.05, 4.69) is 0 Å². The molecule has 0 amide bonds. The van der Waals surface area contributed by atoms with E-state index in [-0.39, 0.29) is 22.5 Å². The summed E-state index contributed by atoms with van der Waals surface area (Å²) < 4.78 is 0. The van der Waals surface area contributed by atoms with Crippen LogP contribution >= 0.6 is 0 Å². The minimum Gasteiger partial charge on any atom is -0.507 e. The number of ketones is 2. The SMILES string of the molecule is Nc1ccc(C(=O)C(=O)c2ccc(N)cc2O)c(O)c1. The topological polar surface area (TPSA) is 127 Å². The van der Waals surface area contributed by atoms with Crippen molar-refractivity contribution in [2.45, 2.75) is 0 Å². The van der Waals surface area contributed by atoms with E-state index in [9.17, 15) is 19.8 Å². The monoisotopic (exact) mass is 272 g/mol. The molecular weight excluding hydrogens is 260 g/mol. The first-order chi connectivity index (χ1) is 9.40. The number of carbonyl (C=O) groups excluding carboxylic acids is 2. The molecule has 0 heterocycles. The van der Waals surface area contributed by atoms with Crippen molar-refractivity contribution in [2.75, 3.05) is 11.5 Å². The third kappa shape index (κ3) is 2.39. The Kier molecular flexibility index (Phi) is 3.30. The molecule has 20 heavy (non-hydrogen) atoms. The van der Waals surface area contributed by atoms with E-state index in [4.69, 9.17) is 11.5 Å². The van der Waals surface area contributed by atoms with Crippen molar-refractivity contribution in [1.82, 2.24) is 0 Å². The van der Waals surface area contributed by atoms with Gasteiger partial charge in [0.05, 0.1) is 11.1 Å². The van der Waals surface area contributed by atoms with Gasteiger partial charge in [0, 0.05) is 23.5 Å². The fourth-order valence-electron chi connectivity index (χ4n) is 1.73. The summed E-state index contributed by atoms with van der Waals surface area (Å²) in [7, 11) is 0. The second kappa shape index (κ2) is 4.93. The molecule has 0 aromatic heterocycles. The summed E-state index contributed by atoms with van der Waals surface area (Å²) in [5, 5.41) is 19.3. The number of rotatable bonds is 3. The summed E-state index contributed by atoms with van der Waals surface area (Å²) in [6, 6.07) is 7.62. The van der Waals surface area contributed by atoms with E-state index < -0.39 is 23.1 Å². The van der Waals surface area contributed by atoms with Crippen LogP contribution in [-0.4, -0.2) is 21.8 Å². The normalized spacial score (nSPS) is 10.2. The number of phenols is 2. The van der Waals surface area contributed by atoms with Gasteiger partial charge in [0.15, 0.2) is 0 Å². The summed E-state index contributed by atoms with van der Waals surface area (Å²) in [6.45, 7) is 0. The molecular formula is C14H12N2O4. The van der Waals surface area contributed by atoms with Crippen LogP contribution in [0.5, 0.6) is 11.5 Å². The van der Waals surface area contributed by atoms with E-state index in [1.165, 1.54) is 36.4 Å². The molecule has 0 unspecified atom stereocenters. The van der Waals surface area contributed by atoms with Gasteiger partial charge in [-0.2, -0.15) is 0 Å². The first-order valence-electron chi connectivity index (χ1n) is 5.66. The Bertz CT molecular complexity index is 649. The molecule has 0 atom stereocenters. The van der Waals surface area contributed by atoms with Gasteiger partial charge < -0.3 is 21.7 Å². The maximum absolute atomic E-state index is 12.0. The van der Waals surface area contributed by atoms with Crippen LogP contribution in [0, 0.1) is 0 Å². The zero-order chi connectivity index (χ0) is 14.9. The van der Waals surface area contributed by atoms with E-state index in [0.29, 0.717) is 0 Å². The van der Waals surface area contributed by atoms with Crippen molar-refractivity contribution in [3.8, 4) is 11.5 Å². The molecule has 2 aromatic rings. The van der Waals surface area contributed by atoms with Gasteiger partial charge in [0.2, 0.25) is 11.6 Å². The number of Topliss-reactive ketones (excluding diaryl/α,β-unsaturated/α-hetero) is 2. The summed E-state index contributed by atoms with van der Waals surface area (Å²) in [4.78, 5) is 24.0. The third-order valence-corrected chi connectivity index (χ3v) is 2.74. The molecule has 0 bridgehead atoms. The molecule has 0 spiro atoms. The molecule has 0 aliphatic heterocycles. The largest absolute Gasteiger partial charge is 0.507 e. The zero-order valence-corrected chi connectivity index (χ0v) is 10.3. The average Bonchev–Trinajstić information content (AvgIpc) is 2.37. The predicted octanol–water partition coefficient (Wildman–Crippen LogP) is 1.33. The number of anilines is 2. The number of benzene rings is 2. The quantitative estimate of drug-likeness (QED) is 0.379. The van der Waals surface area contributed by atoms with E-state index in [1.54, 1.807) is 0 Å². The Morgan fingerprint density at radius 2 is 1.10 bits per heavy atom. The molecule has 6 N–H and O–H groups in total. The lowest BCUT2D eigenvalue weighted by molar-refractivity contribution is 0.0813. The molecule has 0 saturated heterocycles. The average molecular weight is 272 g/mol. The first kappa shape index (κ1) is 13.4. The molecule has 0 fully saturated rings. The van der Waals surface area contributed by atoms with Crippen LogP contribution in [0.1, 0.15) is 20.7 Å². The Hall–Kier alpha value is -3.02. The van der Waals surface area contributed by atoms with Crippen molar-refractivity contribution in [2.24, 2.45) is 0 Å². The lowest BCUT2D eigenvalue weighted by atomic mass is 9.99. The summed E-state index contributed by atoms with van der Waals surface area (Å²) in [5.41, 5.74) is 11.1. The summed E-state index contributed by atoms with van der Waals surface area (Å²) in [5.74, 6) is -2.67. The first-order valence-corrected chi connectivity index (χ1v) is 5.66. The van der Waals surface area contributed by atoms with E-state index >= 15 is 0 Å². The summed E-state index contributed by atoms with van der Waals surface area (Å²) in [6.07, 6.45) is 0. The second-order valence-corrected chi connectivity index (χ2v) is 4.21. The van der Waals surface area contributed by atoms with Crippen LogP contribution in [0.4, 0.5) is 11.4 Å². The van der Waals surface area contributed by atoms with Gasteiger partial charge in [-0.15, -0.1) is 0 Å². The number of nitrogen functional groups attached to an aromatic ring is 2. The molecule has 0 aliphatic rings. The predicted molar refractivity (Wildman–Crippen MR) is 73.7 cm³/mol. The van der Waals surface area contributed by atoms with Gasteiger partial charge in [0.1, 0.15) is 11.5 Å². The molecule has 2 aromatic carbocycles. The highest BCUT2D eigenvalue weighted by Crippen LogP contribution is 2.25. The van der Waals surface area contributed by atoms with Crippen molar-refractivity contribution in [1.29, 1.82) is 0 Å². The van der Waals surface area contributed by atoms with Crippen molar-refractivity contribution in [3.63, 3.8) is 0 Å². The highest BCUT2D eigenvalue weighted by Gasteiger charge is 2.23. The van der Waals surface area contributed by atoms with Crippen LogP contribution in [0.2, 0.25) is 0 Å². The van der Waals surface area contributed by atoms with Crippen LogP contribution in [0.15, 0.2) is 36.4 Å². The van der Waals surface area contributed by atoms with Crippen molar-refractivity contribution < 1.29 is 19.8 Å². The lowest BCUT2D eigenvalue weighted by Crippen LogP contribution is -2.15. The zero-order valence-electron chi connectivity index (χ0n) is 10.3. The fourth-order valence-corrected chi connectivity index (χ4v) is 1.73.